The van der Waals surface area contributed by atoms with E-state index < -0.39 is 34.7 Å². The van der Waals surface area contributed by atoms with E-state index in [9.17, 15) is 19.7 Å². The molecule has 0 aromatic heterocycles. The molecule has 0 spiro atoms. The summed E-state index contributed by atoms with van der Waals surface area (Å²) in [4.78, 5) is 34.9. The van der Waals surface area contributed by atoms with Gasteiger partial charge in [-0.3, -0.25) is 19.7 Å². The van der Waals surface area contributed by atoms with Crippen LogP contribution in [0.5, 0.6) is 5.75 Å². The van der Waals surface area contributed by atoms with Crippen molar-refractivity contribution in [3.05, 3.63) is 38.9 Å². The smallest absolute Gasteiger partial charge is 0.320 e. The zero-order chi connectivity index (χ0) is 17.1. The molecule has 1 aromatic rings. The third-order valence-corrected chi connectivity index (χ3v) is 3.93. The van der Waals surface area contributed by atoms with Crippen LogP contribution in [0.1, 0.15) is 11.5 Å². The molecule has 0 radical (unpaired) electrons. The summed E-state index contributed by atoms with van der Waals surface area (Å²) in [6, 6.07) is 3.21. The maximum atomic E-state index is 12.1. The summed E-state index contributed by atoms with van der Waals surface area (Å²) in [6.07, 6.45) is 0. The summed E-state index contributed by atoms with van der Waals surface area (Å²) < 4.78 is 14.6. The van der Waals surface area contributed by atoms with Crippen LogP contribution >= 0.6 is 11.6 Å². The van der Waals surface area contributed by atoms with E-state index in [1.807, 2.05) is 0 Å². The molecule has 1 heterocycles. The van der Waals surface area contributed by atoms with Gasteiger partial charge in [0.05, 0.1) is 20.1 Å². The van der Waals surface area contributed by atoms with Crippen LogP contribution in [0, 0.1) is 16.0 Å². The minimum Gasteiger partial charge on any atom is -0.486 e. The number of hydrogen-bond donors (Lipinski definition) is 0. The molecule has 9 heteroatoms. The molecular weight excluding hydrogens is 330 g/mol. The second-order valence-electron chi connectivity index (χ2n) is 4.90. The molecule has 23 heavy (non-hydrogen) atoms. The molecule has 0 aliphatic carbocycles. The number of carbonyl (C=O) groups excluding carboxylic acids is 2. The second kappa shape index (κ2) is 6.82. The number of hydrogen-bond acceptors (Lipinski definition) is 7. The number of carbonyl (C=O) groups is 2. The summed E-state index contributed by atoms with van der Waals surface area (Å²) in [7, 11) is 2.19. The van der Waals surface area contributed by atoms with Crippen molar-refractivity contribution in [2.24, 2.45) is 5.92 Å². The minimum absolute atomic E-state index is 0.281. The highest BCUT2D eigenvalue weighted by Crippen LogP contribution is 2.41. The number of esters is 2. The molecule has 0 bridgehead atoms. The first-order valence-corrected chi connectivity index (χ1v) is 7.00. The zero-order valence-corrected chi connectivity index (χ0v) is 13.1. The third-order valence-electron chi connectivity index (χ3n) is 3.70. The molecule has 0 amide bonds. The van der Waals surface area contributed by atoms with Crippen molar-refractivity contribution in [1.29, 1.82) is 0 Å². The van der Waals surface area contributed by atoms with Crippen molar-refractivity contribution in [2.45, 2.75) is 12.0 Å². The zero-order valence-electron chi connectivity index (χ0n) is 12.4. The number of halogens is 1. The first-order valence-electron chi connectivity index (χ1n) is 6.62. The Morgan fingerprint density at radius 3 is 2.48 bits per heavy atom. The van der Waals surface area contributed by atoms with E-state index in [-0.39, 0.29) is 6.61 Å². The lowest BCUT2D eigenvalue weighted by Gasteiger charge is -2.31. The number of nitrogens with zero attached hydrogens (tertiary/aromatic N) is 1. The molecular formula is C14H14ClNO7. The van der Waals surface area contributed by atoms with Crippen molar-refractivity contribution in [1.82, 2.24) is 0 Å². The molecule has 2 rings (SSSR count). The van der Waals surface area contributed by atoms with Crippen LogP contribution < -0.4 is 4.74 Å². The van der Waals surface area contributed by atoms with Gasteiger partial charge < -0.3 is 14.2 Å². The van der Waals surface area contributed by atoms with Crippen LogP contribution in [0.3, 0.4) is 0 Å². The summed E-state index contributed by atoms with van der Waals surface area (Å²) in [6.45, 7) is -0.281. The Morgan fingerprint density at radius 1 is 1.35 bits per heavy atom. The van der Waals surface area contributed by atoms with Gasteiger partial charge in [-0.2, -0.15) is 0 Å². The molecule has 1 aliphatic heterocycles. The van der Waals surface area contributed by atoms with Crippen LogP contribution in [-0.4, -0.2) is 43.7 Å². The molecule has 8 nitrogen and oxygen atoms in total. The molecule has 0 fully saturated rings. The molecule has 0 N–H and O–H groups in total. The first kappa shape index (κ1) is 17.0. The van der Waals surface area contributed by atoms with E-state index in [4.69, 9.17) is 16.3 Å². The average molecular weight is 344 g/mol. The Bertz CT molecular complexity index is 632. The van der Waals surface area contributed by atoms with Gasteiger partial charge in [0.2, 0.25) is 0 Å². The highest BCUT2D eigenvalue weighted by molar-refractivity contribution is 6.30. The highest BCUT2D eigenvalue weighted by Gasteiger charge is 2.50. The van der Waals surface area contributed by atoms with Crippen LogP contribution in [0.15, 0.2) is 18.2 Å². The molecule has 0 saturated heterocycles. The SMILES string of the molecule is COC(=O)C(C(=O)OC)[C@H]1c2cc(Cl)ccc2OC[C@@H]1[N+](=O)[O-]. The minimum atomic E-state index is -1.48. The third kappa shape index (κ3) is 3.21. The van der Waals surface area contributed by atoms with E-state index in [2.05, 4.69) is 9.47 Å². The van der Waals surface area contributed by atoms with Crippen LogP contribution in [0.25, 0.3) is 0 Å². The molecule has 1 aromatic carbocycles. The average Bonchev–Trinajstić information content (AvgIpc) is 2.54. The fraction of sp³-hybridized carbons (Fsp3) is 0.429. The maximum Gasteiger partial charge on any atom is 0.320 e. The van der Waals surface area contributed by atoms with E-state index in [1.165, 1.54) is 12.1 Å². The van der Waals surface area contributed by atoms with Crippen LogP contribution in [0.4, 0.5) is 0 Å². The fourth-order valence-corrected chi connectivity index (χ4v) is 2.81. The molecule has 124 valence electrons. The van der Waals surface area contributed by atoms with Gasteiger partial charge in [0, 0.05) is 15.5 Å². The number of ether oxygens (including phenoxy) is 3. The van der Waals surface area contributed by atoms with E-state index in [1.54, 1.807) is 6.07 Å². The summed E-state index contributed by atoms with van der Waals surface area (Å²) in [5.41, 5.74) is 0.297. The van der Waals surface area contributed by atoms with Crippen LogP contribution in [-0.2, 0) is 19.1 Å². The monoisotopic (exact) mass is 343 g/mol. The number of nitro groups is 1. The van der Waals surface area contributed by atoms with Gasteiger partial charge in [-0.15, -0.1) is 0 Å². The Kier molecular flexibility index (Phi) is 5.05. The maximum absolute atomic E-state index is 12.1. The lowest BCUT2D eigenvalue weighted by molar-refractivity contribution is -0.531. The molecule has 1 aliphatic rings. The lowest BCUT2D eigenvalue weighted by atomic mass is 9.79. The fourth-order valence-electron chi connectivity index (χ4n) is 2.63. The van der Waals surface area contributed by atoms with Gasteiger partial charge in [0.25, 0.3) is 6.04 Å². The quantitative estimate of drug-likeness (QED) is 0.352. The van der Waals surface area contributed by atoms with Crippen molar-refractivity contribution in [3.8, 4) is 5.75 Å². The van der Waals surface area contributed by atoms with E-state index in [0.29, 0.717) is 16.3 Å². The predicted octanol–water partition coefficient (Wildman–Crippen LogP) is 1.42. The first-order chi connectivity index (χ1) is 10.9. The summed E-state index contributed by atoms with van der Waals surface area (Å²) >= 11 is 5.94. The number of fused-ring (bicyclic) bond motifs is 1. The Balaban J connectivity index is 2.61. The van der Waals surface area contributed by atoms with E-state index in [0.717, 1.165) is 14.2 Å². The van der Waals surface area contributed by atoms with Crippen molar-refractivity contribution >= 4 is 23.5 Å². The molecule has 2 atom stereocenters. The van der Waals surface area contributed by atoms with Crippen molar-refractivity contribution in [2.75, 3.05) is 20.8 Å². The van der Waals surface area contributed by atoms with Crippen LogP contribution in [0.2, 0.25) is 5.02 Å². The number of methoxy groups -OCH3 is 2. The Morgan fingerprint density at radius 2 is 1.96 bits per heavy atom. The number of rotatable bonds is 4. The standard InChI is InChI=1S/C14H14ClNO7/c1-21-13(17)12(14(18)22-2)11-8-5-7(15)3-4-10(8)23-6-9(11)16(19)20/h3-5,9,11-12H,6H2,1-2H3/t9-,11-/m0/s1. The van der Waals surface area contributed by atoms with Gasteiger partial charge in [-0.25, -0.2) is 0 Å². The van der Waals surface area contributed by atoms with Gasteiger partial charge in [-0.05, 0) is 18.2 Å². The van der Waals surface area contributed by atoms with Gasteiger partial charge >= 0.3 is 11.9 Å². The van der Waals surface area contributed by atoms with E-state index >= 15 is 0 Å². The van der Waals surface area contributed by atoms with Crippen molar-refractivity contribution in [3.63, 3.8) is 0 Å². The van der Waals surface area contributed by atoms with Gasteiger partial charge in [0.15, 0.2) is 12.5 Å². The van der Waals surface area contributed by atoms with Gasteiger partial charge in [0.1, 0.15) is 5.75 Å². The Labute approximate surface area is 136 Å². The summed E-state index contributed by atoms with van der Waals surface area (Å²) in [5.74, 6) is -4.09. The normalized spacial score (nSPS) is 19.5. The second-order valence-corrected chi connectivity index (χ2v) is 5.33. The van der Waals surface area contributed by atoms with Gasteiger partial charge in [-0.1, -0.05) is 11.6 Å². The highest BCUT2D eigenvalue weighted by atomic mass is 35.5. The Hall–Kier alpha value is -2.35. The predicted molar refractivity (Wildman–Crippen MR) is 78.0 cm³/mol. The summed E-state index contributed by atoms with van der Waals surface area (Å²) in [5, 5.41) is 11.7. The molecule has 0 unspecified atom stereocenters. The number of benzene rings is 1. The molecule has 0 saturated carbocycles. The van der Waals surface area contributed by atoms with Crippen molar-refractivity contribution < 1.29 is 28.7 Å². The largest absolute Gasteiger partial charge is 0.486 e. The topological polar surface area (TPSA) is 105 Å². The lowest BCUT2D eigenvalue weighted by Crippen LogP contribution is -2.46.